The Morgan fingerprint density at radius 2 is 2.09 bits per heavy atom. The molecule has 0 saturated heterocycles. The summed E-state index contributed by atoms with van der Waals surface area (Å²) in [6.07, 6.45) is 0.0956. The van der Waals surface area contributed by atoms with E-state index >= 15 is 0 Å². The molecule has 0 spiro atoms. The number of hydrazine groups is 1. The third kappa shape index (κ3) is 2.81. The van der Waals surface area contributed by atoms with Crippen LogP contribution < -0.4 is 10.9 Å². The van der Waals surface area contributed by atoms with Crippen LogP contribution >= 0.6 is 11.6 Å². The van der Waals surface area contributed by atoms with Crippen LogP contribution in [-0.4, -0.2) is 27.5 Å². The molecule has 1 aromatic carbocycles. The summed E-state index contributed by atoms with van der Waals surface area (Å²) in [6.45, 7) is 0. The zero-order chi connectivity index (χ0) is 16.5. The van der Waals surface area contributed by atoms with Gasteiger partial charge in [0, 0.05) is 12.1 Å². The molecule has 7 nitrogen and oxygen atoms in total. The molecule has 0 heterocycles. The van der Waals surface area contributed by atoms with Crippen LogP contribution in [0.4, 0.5) is 20.2 Å². The summed E-state index contributed by atoms with van der Waals surface area (Å²) in [7, 11) is 0. The van der Waals surface area contributed by atoms with Gasteiger partial charge in [-0.3, -0.25) is 25.8 Å². The average molecular weight is 336 g/mol. The number of nitrogens with zero attached hydrogens (tertiary/aromatic N) is 1. The van der Waals surface area contributed by atoms with E-state index in [0.717, 1.165) is 18.2 Å². The van der Waals surface area contributed by atoms with Crippen LogP contribution in [0.5, 0.6) is 0 Å². The average Bonchev–Trinajstić information content (AvgIpc) is 2.42. The lowest BCUT2D eigenvalue weighted by Crippen LogP contribution is -2.61. The minimum absolute atomic E-state index is 0.0111. The summed E-state index contributed by atoms with van der Waals surface area (Å²) in [4.78, 5) is 21.4. The summed E-state index contributed by atoms with van der Waals surface area (Å²) >= 11 is 5.74. The lowest BCUT2D eigenvalue weighted by Gasteiger charge is -2.41. The second kappa shape index (κ2) is 5.65. The molecule has 2 rings (SSSR count). The summed E-state index contributed by atoms with van der Waals surface area (Å²) in [5.41, 5.74) is 1.30. The molecule has 0 atom stereocenters. The monoisotopic (exact) mass is 335 g/mol. The highest BCUT2D eigenvalue weighted by molar-refractivity contribution is 6.33. The highest BCUT2D eigenvalue weighted by atomic mass is 35.5. The smallest absolute Gasteiger partial charge is 0.354 e. The molecule has 1 aliphatic carbocycles. The Morgan fingerprint density at radius 3 is 2.55 bits per heavy atom. The minimum atomic E-state index is -3.95. The number of benzene rings is 1. The zero-order valence-electron chi connectivity index (χ0n) is 11.1. The summed E-state index contributed by atoms with van der Waals surface area (Å²) in [5.74, 6) is -5.66. The number of halogens is 3. The lowest BCUT2D eigenvalue weighted by atomic mass is 9.75. The first kappa shape index (κ1) is 16.4. The molecule has 120 valence electrons. The number of nitro groups is 1. The Bertz CT molecular complexity index is 622. The van der Waals surface area contributed by atoms with Crippen LogP contribution in [0, 0.1) is 10.1 Å². The third-order valence-electron chi connectivity index (χ3n) is 3.52. The number of anilines is 1. The van der Waals surface area contributed by atoms with Crippen molar-refractivity contribution in [2.24, 2.45) is 0 Å². The quantitative estimate of drug-likeness (QED) is 0.565. The summed E-state index contributed by atoms with van der Waals surface area (Å²) in [6, 6.07) is 3.27. The SMILES string of the molecule is O=C(NNc1ccc([N+](=O)[O-])cc1Cl)C(F)(F)C1(O)CCC1. The standard InChI is InChI=1S/C12H12ClF2N3O4/c13-8-6-7(18(21)22)2-3-9(8)16-17-10(19)12(14,15)11(20)4-1-5-11/h2-3,6,16,20H,1,4-5H2,(H,17,19). The first-order valence-electron chi connectivity index (χ1n) is 6.28. The largest absolute Gasteiger partial charge is 0.383 e. The maximum Gasteiger partial charge on any atom is 0.354 e. The first-order valence-corrected chi connectivity index (χ1v) is 6.66. The second-order valence-electron chi connectivity index (χ2n) is 4.96. The molecule has 1 saturated carbocycles. The predicted molar refractivity (Wildman–Crippen MR) is 73.6 cm³/mol. The van der Waals surface area contributed by atoms with Crippen LogP contribution in [0.3, 0.4) is 0 Å². The predicted octanol–water partition coefficient (Wildman–Crippen LogP) is 2.24. The maximum absolute atomic E-state index is 13.8. The molecule has 1 amide bonds. The normalized spacial score (nSPS) is 16.5. The number of hydrogen-bond donors (Lipinski definition) is 3. The Labute approximate surface area is 128 Å². The lowest BCUT2D eigenvalue weighted by molar-refractivity contribution is -0.384. The number of carbonyl (C=O) groups excluding carboxylic acids is 1. The third-order valence-corrected chi connectivity index (χ3v) is 3.84. The van der Waals surface area contributed by atoms with E-state index in [4.69, 9.17) is 11.6 Å². The highest BCUT2D eigenvalue weighted by Crippen LogP contribution is 2.44. The van der Waals surface area contributed by atoms with Gasteiger partial charge in [-0.05, 0) is 25.3 Å². The fourth-order valence-corrected chi connectivity index (χ4v) is 2.18. The van der Waals surface area contributed by atoms with Gasteiger partial charge in [0.2, 0.25) is 0 Å². The fourth-order valence-electron chi connectivity index (χ4n) is 1.96. The number of amides is 1. The number of non-ortho nitro benzene ring substituents is 1. The van der Waals surface area contributed by atoms with E-state index in [1.54, 1.807) is 5.43 Å². The number of carbonyl (C=O) groups is 1. The molecule has 0 aliphatic heterocycles. The molecule has 22 heavy (non-hydrogen) atoms. The molecular formula is C12H12ClF2N3O4. The van der Waals surface area contributed by atoms with E-state index in [1.807, 2.05) is 0 Å². The van der Waals surface area contributed by atoms with Crippen LogP contribution in [-0.2, 0) is 4.79 Å². The van der Waals surface area contributed by atoms with Crippen molar-refractivity contribution >= 4 is 28.9 Å². The van der Waals surface area contributed by atoms with E-state index in [2.05, 4.69) is 5.43 Å². The Hall–Kier alpha value is -2.00. The van der Waals surface area contributed by atoms with Gasteiger partial charge in [0.05, 0.1) is 15.6 Å². The zero-order valence-corrected chi connectivity index (χ0v) is 11.9. The fraction of sp³-hybridized carbons (Fsp3) is 0.417. The molecule has 10 heteroatoms. The number of nitrogens with one attached hydrogen (secondary N) is 2. The minimum Gasteiger partial charge on any atom is -0.383 e. The van der Waals surface area contributed by atoms with Crippen molar-refractivity contribution in [1.82, 2.24) is 5.43 Å². The number of rotatable bonds is 5. The van der Waals surface area contributed by atoms with Crippen LogP contribution in [0.1, 0.15) is 19.3 Å². The molecule has 1 aromatic rings. The number of nitro benzene ring substituents is 1. The van der Waals surface area contributed by atoms with E-state index in [9.17, 15) is 28.8 Å². The number of alkyl halides is 2. The molecule has 0 bridgehead atoms. The van der Waals surface area contributed by atoms with Crippen LogP contribution in [0.2, 0.25) is 5.02 Å². The molecule has 1 aliphatic rings. The van der Waals surface area contributed by atoms with Crippen molar-refractivity contribution in [1.29, 1.82) is 0 Å². The van der Waals surface area contributed by atoms with Crippen molar-refractivity contribution in [3.63, 3.8) is 0 Å². The van der Waals surface area contributed by atoms with Crippen molar-refractivity contribution in [2.75, 3.05) is 5.43 Å². The molecule has 1 fully saturated rings. The van der Waals surface area contributed by atoms with Crippen LogP contribution in [0.25, 0.3) is 0 Å². The van der Waals surface area contributed by atoms with Crippen molar-refractivity contribution in [2.45, 2.75) is 30.8 Å². The van der Waals surface area contributed by atoms with E-state index in [0.29, 0.717) is 6.42 Å². The Balaban J connectivity index is 2.04. The molecule has 0 unspecified atom stereocenters. The molecule has 3 N–H and O–H groups in total. The van der Waals surface area contributed by atoms with Crippen LogP contribution in [0.15, 0.2) is 18.2 Å². The van der Waals surface area contributed by atoms with Gasteiger partial charge in [-0.25, -0.2) is 0 Å². The summed E-state index contributed by atoms with van der Waals surface area (Å²) < 4.78 is 27.6. The second-order valence-corrected chi connectivity index (χ2v) is 5.37. The maximum atomic E-state index is 13.8. The van der Waals surface area contributed by atoms with Gasteiger partial charge in [-0.2, -0.15) is 8.78 Å². The van der Waals surface area contributed by atoms with Gasteiger partial charge in [0.25, 0.3) is 5.69 Å². The van der Waals surface area contributed by atoms with Crippen molar-refractivity contribution < 1.29 is 23.6 Å². The van der Waals surface area contributed by atoms with Gasteiger partial charge >= 0.3 is 11.8 Å². The van der Waals surface area contributed by atoms with E-state index in [1.165, 1.54) is 0 Å². The molecular weight excluding hydrogens is 324 g/mol. The topological polar surface area (TPSA) is 104 Å². The van der Waals surface area contributed by atoms with Gasteiger partial charge in [-0.15, -0.1) is 0 Å². The van der Waals surface area contributed by atoms with E-state index in [-0.39, 0.29) is 29.2 Å². The van der Waals surface area contributed by atoms with Crippen molar-refractivity contribution in [3.05, 3.63) is 33.3 Å². The Morgan fingerprint density at radius 1 is 1.45 bits per heavy atom. The number of hydrogen-bond acceptors (Lipinski definition) is 5. The van der Waals surface area contributed by atoms with Gasteiger partial charge in [-0.1, -0.05) is 11.6 Å². The van der Waals surface area contributed by atoms with Crippen molar-refractivity contribution in [3.8, 4) is 0 Å². The van der Waals surface area contributed by atoms with Gasteiger partial charge in [0.1, 0.15) is 5.60 Å². The van der Waals surface area contributed by atoms with Gasteiger partial charge < -0.3 is 5.11 Å². The molecule has 0 aromatic heterocycles. The first-order chi connectivity index (χ1) is 10.2. The number of aliphatic hydroxyl groups is 1. The molecule has 0 radical (unpaired) electrons. The Kier molecular flexibility index (Phi) is 4.21. The van der Waals surface area contributed by atoms with E-state index < -0.39 is 22.4 Å². The summed E-state index contributed by atoms with van der Waals surface area (Å²) in [5, 5.41) is 20.0. The van der Waals surface area contributed by atoms with Gasteiger partial charge in [0.15, 0.2) is 0 Å². The highest BCUT2D eigenvalue weighted by Gasteiger charge is 2.61.